The van der Waals surface area contributed by atoms with Gasteiger partial charge >= 0.3 is 11.9 Å². The Bertz CT molecular complexity index is 555. The van der Waals surface area contributed by atoms with E-state index in [1.54, 1.807) is 0 Å². The largest absolute Gasteiger partial charge is 0.492 e. The number of rotatable bonds is 6. The lowest BCUT2D eigenvalue weighted by molar-refractivity contribution is -0.166. The van der Waals surface area contributed by atoms with Crippen LogP contribution in [-0.2, 0) is 10.7 Å². The molecule has 0 unspecified atom stereocenters. The molecule has 0 aromatic heterocycles. The van der Waals surface area contributed by atoms with Crippen molar-refractivity contribution >= 4 is 5.97 Å². The van der Waals surface area contributed by atoms with E-state index in [2.05, 4.69) is 0 Å². The second-order valence-electron chi connectivity index (χ2n) is 5.45. The minimum atomic E-state index is -3.99. The van der Waals surface area contributed by atoms with E-state index in [0.29, 0.717) is 6.54 Å². The highest BCUT2D eigenvalue weighted by Gasteiger charge is 2.41. The smallest absolute Gasteiger partial charge is 0.379 e. The third-order valence-corrected chi connectivity index (χ3v) is 3.73. The molecular formula is C15H17F4NO3. The zero-order chi connectivity index (χ0) is 17.1. The number of carbonyl (C=O) groups is 1. The van der Waals surface area contributed by atoms with Gasteiger partial charge in [0.2, 0.25) is 0 Å². The fourth-order valence-electron chi connectivity index (χ4n) is 2.30. The number of alkyl halides is 4. The van der Waals surface area contributed by atoms with Gasteiger partial charge in [0.1, 0.15) is 12.4 Å². The van der Waals surface area contributed by atoms with E-state index in [1.165, 1.54) is 12.1 Å². The molecule has 1 aromatic carbocycles. The van der Waals surface area contributed by atoms with E-state index in [0.717, 1.165) is 12.1 Å². The molecule has 0 amide bonds. The van der Waals surface area contributed by atoms with E-state index in [4.69, 9.17) is 9.84 Å². The highest BCUT2D eigenvalue weighted by Crippen LogP contribution is 2.30. The van der Waals surface area contributed by atoms with Crippen molar-refractivity contribution in [1.82, 2.24) is 4.90 Å². The molecule has 8 heteroatoms. The average molecular weight is 335 g/mol. The van der Waals surface area contributed by atoms with Crippen LogP contribution in [0, 0.1) is 0 Å². The lowest BCUT2D eigenvalue weighted by Gasteiger charge is -2.31. The molecule has 1 aliphatic rings. The second-order valence-corrected chi connectivity index (χ2v) is 5.45. The lowest BCUT2D eigenvalue weighted by Crippen LogP contribution is -2.41. The summed E-state index contributed by atoms with van der Waals surface area (Å²) in [4.78, 5) is 12.4. The quantitative estimate of drug-likeness (QED) is 0.812. The van der Waals surface area contributed by atoms with Gasteiger partial charge in [-0.15, -0.1) is 0 Å². The molecule has 0 atom stereocenters. The Hall–Kier alpha value is -1.83. The summed E-state index contributed by atoms with van der Waals surface area (Å²) in [5, 5.41) is 8.52. The highest BCUT2D eigenvalue weighted by molar-refractivity contribution is 5.77. The maximum atomic E-state index is 13.4. The van der Waals surface area contributed by atoms with Crippen molar-refractivity contribution in [1.29, 1.82) is 0 Å². The van der Waals surface area contributed by atoms with E-state index in [-0.39, 0.29) is 38.3 Å². The predicted molar refractivity (Wildman–Crippen MR) is 74.1 cm³/mol. The van der Waals surface area contributed by atoms with Gasteiger partial charge in [0, 0.05) is 38.0 Å². The molecule has 1 aromatic rings. The van der Waals surface area contributed by atoms with E-state index >= 15 is 0 Å². The highest BCUT2D eigenvalue weighted by atomic mass is 19.3. The monoisotopic (exact) mass is 335 g/mol. The summed E-state index contributed by atoms with van der Waals surface area (Å²) in [6.45, 7) is 1.06. The van der Waals surface area contributed by atoms with Gasteiger partial charge in [-0.3, -0.25) is 4.90 Å². The minimum absolute atomic E-state index is 0.116. The molecule has 0 spiro atoms. The zero-order valence-corrected chi connectivity index (χ0v) is 12.3. The number of carboxylic acid groups (broad SMARTS) is 1. The molecule has 0 radical (unpaired) electrons. The molecule has 2 rings (SSSR count). The van der Waals surface area contributed by atoms with Crippen LogP contribution in [0.4, 0.5) is 17.6 Å². The Balaban J connectivity index is 1.86. The molecule has 128 valence electrons. The first-order valence-electron chi connectivity index (χ1n) is 7.15. The van der Waals surface area contributed by atoms with Crippen LogP contribution in [0.2, 0.25) is 0 Å². The molecule has 0 bridgehead atoms. The number of carboxylic acids is 1. The Labute approximate surface area is 130 Å². The van der Waals surface area contributed by atoms with Gasteiger partial charge in [-0.1, -0.05) is 12.1 Å². The van der Waals surface area contributed by atoms with Crippen molar-refractivity contribution in [3.63, 3.8) is 0 Å². The number of hydrogen-bond donors (Lipinski definition) is 1. The molecule has 4 nitrogen and oxygen atoms in total. The van der Waals surface area contributed by atoms with Gasteiger partial charge in [-0.2, -0.15) is 8.78 Å². The number of ether oxygens (including phenoxy) is 1. The summed E-state index contributed by atoms with van der Waals surface area (Å²) >= 11 is 0. The maximum absolute atomic E-state index is 13.4. The van der Waals surface area contributed by atoms with Crippen molar-refractivity contribution in [2.24, 2.45) is 0 Å². The fraction of sp³-hybridized carbons (Fsp3) is 0.533. The van der Waals surface area contributed by atoms with Crippen LogP contribution in [0.1, 0.15) is 18.4 Å². The number of halogens is 4. The van der Waals surface area contributed by atoms with Gasteiger partial charge in [-0.05, 0) is 12.1 Å². The summed E-state index contributed by atoms with van der Waals surface area (Å²) in [5.74, 6) is -8.72. The van der Waals surface area contributed by atoms with Crippen LogP contribution >= 0.6 is 0 Å². The van der Waals surface area contributed by atoms with E-state index < -0.39 is 23.4 Å². The summed E-state index contributed by atoms with van der Waals surface area (Å²) in [6.07, 6.45) is -0.402. The molecule has 0 saturated carbocycles. The van der Waals surface area contributed by atoms with Gasteiger partial charge in [-0.25, -0.2) is 13.6 Å². The van der Waals surface area contributed by atoms with Crippen LogP contribution in [0.15, 0.2) is 24.3 Å². The fourth-order valence-corrected chi connectivity index (χ4v) is 2.30. The molecule has 1 heterocycles. The van der Waals surface area contributed by atoms with E-state index in [1.807, 2.05) is 4.90 Å². The standard InChI is InChI=1S/C15H17F4NO3/c16-14(17)4-6-20(7-5-14)8-9-23-12-3-1-2-11(10-12)15(18,19)13(21)22/h1-3,10H,4-9H2,(H,21,22). The molecular weight excluding hydrogens is 318 g/mol. The summed E-state index contributed by atoms with van der Waals surface area (Å²) < 4.78 is 58.2. The summed E-state index contributed by atoms with van der Waals surface area (Å²) in [7, 11) is 0. The third-order valence-electron chi connectivity index (χ3n) is 3.73. The number of nitrogens with zero attached hydrogens (tertiary/aromatic N) is 1. The van der Waals surface area contributed by atoms with Crippen molar-refractivity contribution in [2.75, 3.05) is 26.2 Å². The Kier molecular flexibility index (Phi) is 5.13. The first-order chi connectivity index (χ1) is 10.7. The van der Waals surface area contributed by atoms with Crippen LogP contribution < -0.4 is 4.74 Å². The lowest BCUT2D eigenvalue weighted by atomic mass is 10.1. The molecule has 1 aliphatic heterocycles. The predicted octanol–water partition coefficient (Wildman–Crippen LogP) is 2.97. The van der Waals surface area contributed by atoms with Gasteiger partial charge < -0.3 is 9.84 Å². The van der Waals surface area contributed by atoms with Crippen LogP contribution in [-0.4, -0.2) is 48.1 Å². The summed E-state index contributed by atoms with van der Waals surface area (Å²) in [5.41, 5.74) is -0.667. The molecule has 1 fully saturated rings. The molecule has 1 N–H and O–H groups in total. The minimum Gasteiger partial charge on any atom is -0.492 e. The molecule has 0 aliphatic carbocycles. The number of aliphatic carboxylic acids is 1. The van der Waals surface area contributed by atoms with Crippen molar-refractivity contribution in [3.05, 3.63) is 29.8 Å². The topological polar surface area (TPSA) is 49.8 Å². The maximum Gasteiger partial charge on any atom is 0.379 e. The van der Waals surface area contributed by atoms with Gasteiger partial charge in [0.05, 0.1) is 0 Å². The van der Waals surface area contributed by atoms with Crippen LogP contribution in [0.5, 0.6) is 5.75 Å². The average Bonchev–Trinajstić information content (AvgIpc) is 2.49. The Morgan fingerprint density at radius 2 is 1.96 bits per heavy atom. The Morgan fingerprint density at radius 3 is 2.57 bits per heavy atom. The SMILES string of the molecule is O=C(O)C(F)(F)c1cccc(OCCN2CCC(F)(F)CC2)c1. The summed E-state index contributed by atoms with van der Waals surface area (Å²) in [6, 6.07) is 4.70. The number of likely N-dealkylation sites (tertiary alicyclic amines) is 1. The van der Waals surface area contributed by atoms with Crippen LogP contribution in [0.3, 0.4) is 0 Å². The first kappa shape index (κ1) is 17.5. The Morgan fingerprint density at radius 1 is 1.30 bits per heavy atom. The van der Waals surface area contributed by atoms with Crippen molar-refractivity contribution in [3.8, 4) is 5.75 Å². The van der Waals surface area contributed by atoms with E-state index in [9.17, 15) is 22.4 Å². The van der Waals surface area contributed by atoms with Gasteiger partial charge in [0.15, 0.2) is 0 Å². The molecule has 1 saturated heterocycles. The third kappa shape index (κ3) is 4.57. The molecule has 23 heavy (non-hydrogen) atoms. The van der Waals surface area contributed by atoms with Crippen molar-refractivity contribution < 1.29 is 32.2 Å². The normalized spacial score (nSPS) is 18.6. The zero-order valence-electron chi connectivity index (χ0n) is 12.3. The number of benzene rings is 1. The van der Waals surface area contributed by atoms with Crippen LogP contribution in [0.25, 0.3) is 0 Å². The van der Waals surface area contributed by atoms with Gasteiger partial charge in [0.25, 0.3) is 5.92 Å². The first-order valence-corrected chi connectivity index (χ1v) is 7.15. The number of piperidine rings is 1. The van der Waals surface area contributed by atoms with Crippen molar-refractivity contribution in [2.45, 2.75) is 24.7 Å². The number of hydrogen-bond acceptors (Lipinski definition) is 3. The second kappa shape index (κ2) is 6.74.